The van der Waals surface area contributed by atoms with Crippen LogP contribution in [0, 0.1) is 10.1 Å². The van der Waals surface area contributed by atoms with Crippen molar-refractivity contribution in [2.24, 2.45) is 5.84 Å². The molecule has 0 bridgehead atoms. The predicted octanol–water partition coefficient (Wildman–Crippen LogP) is 2.38. The second-order valence-corrected chi connectivity index (χ2v) is 5.60. The molecule has 2 rings (SSSR count). The van der Waals surface area contributed by atoms with Gasteiger partial charge in [0, 0.05) is 6.54 Å². The molecule has 1 aliphatic carbocycles. The highest BCUT2D eigenvalue weighted by Crippen LogP contribution is 2.33. The first kappa shape index (κ1) is 15.5. The molecule has 1 aromatic rings. The number of nitro benzene ring substituents is 1. The average Bonchev–Trinajstić information content (AvgIpc) is 2.69. The first-order valence-corrected chi connectivity index (χ1v) is 7.26. The van der Waals surface area contributed by atoms with Gasteiger partial charge in [-0.1, -0.05) is 31.7 Å². The molecule has 0 radical (unpaired) electrons. The van der Waals surface area contributed by atoms with E-state index in [4.69, 9.17) is 5.84 Å². The van der Waals surface area contributed by atoms with Gasteiger partial charge in [0.05, 0.1) is 10.5 Å². The predicted molar refractivity (Wildman–Crippen MR) is 82.0 cm³/mol. The molecular weight excluding hydrogens is 272 g/mol. The zero-order chi connectivity index (χ0) is 15.3. The minimum Gasteiger partial charge on any atom is -0.388 e. The zero-order valence-electron chi connectivity index (χ0n) is 12.0. The number of rotatable bonds is 5. The van der Waals surface area contributed by atoms with E-state index in [1.807, 2.05) is 0 Å². The molecule has 7 heteroatoms. The van der Waals surface area contributed by atoms with Crippen LogP contribution in [-0.2, 0) is 0 Å². The van der Waals surface area contributed by atoms with E-state index in [0.29, 0.717) is 12.2 Å². The maximum Gasteiger partial charge on any atom is 0.316 e. The maximum absolute atomic E-state index is 11.2. The Morgan fingerprint density at radius 3 is 2.43 bits per heavy atom. The van der Waals surface area contributed by atoms with E-state index < -0.39 is 10.5 Å². The molecule has 0 saturated heterocycles. The van der Waals surface area contributed by atoms with Gasteiger partial charge in [0.1, 0.15) is 11.4 Å². The van der Waals surface area contributed by atoms with Crippen molar-refractivity contribution in [2.75, 3.05) is 17.3 Å². The number of hydrazine groups is 1. The smallest absolute Gasteiger partial charge is 0.316 e. The number of aliphatic hydroxyl groups is 1. The minimum atomic E-state index is -0.795. The normalized spacial score (nSPS) is 17.8. The Morgan fingerprint density at radius 2 is 1.86 bits per heavy atom. The van der Waals surface area contributed by atoms with Crippen LogP contribution in [0.2, 0.25) is 0 Å². The van der Waals surface area contributed by atoms with Crippen LogP contribution in [0.25, 0.3) is 0 Å². The summed E-state index contributed by atoms with van der Waals surface area (Å²) in [6.07, 6.45) is 5.70. The van der Waals surface area contributed by atoms with E-state index in [2.05, 4.69) is 10.7 Å². The van der Waals surface area contributed by atoms with E-state index in [1.54, 1.807) is 18.2 Å². The van der Waals surface area contributed by atoms with Crippen molar-refractivity contribution in [3.05, 3.63) is 28.3 Å². The van der Waals surface area contributed by atoms with Gasteiger partial charge in [-0.2, -0.15) is 0 Å². The number of nitrogens with two attached hydrogens (primary N) is 1. The fourth-order valence-electron chi connectivity index (χ4n) is 2.82. The Bertz CT molecular complexity index is 499. The summed E-state index contributed by atoms with van der Waals surface area (Å²) in [5.74, 6) is 5.31. The first-order chi connectivity index (χ1) is 10.1. The lowest BCUT2D eigenvalue weighted by Gasteiger charge is -2.27. The van der Waals surface area contributed by atoms with Gasteiger partial charge in [0.25, 0.3) is 0 Å². The number of nitro groups is 1. The Morgan fingerprint density at radius 1 is 1.24 bits per heavy atom. The molecule has 1 aromatic carbocycles. The average molecular weight is 294 g/mol. The van der Waals surface area contributed by atoms with Crippen LogP contribution >= 0.6 is 0 Å². The van der Waals surface area contributed by atoms with Gasteiger partial charge in [0.2, 0.25) is 0 Å². The second-order valence-electron chi connectivity index (χ2n) is 5.60. The van der Waals surface area contributed by atoms with Gasteiger partial charge in [-0.3, -0.25) is 16.0 Å². The number of nitrogen functional groups attached to an aromatic ring is 1. The number of nitrogens with one attached hydrogen (secondary N) is 2. The zero-order valence-corrected chi connectivity index (χ0v) is 12.0. The summed E-state index contributed by atoms with van der Waals surface area (Å²) in [6.45, 7) is 0.307. The van der Waals surface area contributed by atoms with Crippen LogP contribution < -0.4 is 16.6 Å². The van der Waals surface area contributed by atoms with Gasteiger partial charge in [-0.05, 0) is 25.0 Å². The Kier molecular flexibility index (Phi) is 4.98. The summed E-state index contributed by atoms with van der Waals surface area (Å²) in [5, 5.41) is 24.8. The SMILES string of the molecule is NNc1cccc(NCC2(O)CCCCCC2)c1[N+](=O)[O-]. The molecule has 0 unspecified atom stereocenters. The van der Waals surface area contributed by atoms with E-state index in [-0.39, 0.29) is 11.4 Å². The lowest BCUT2D eigenvalue weighted by atomic mass is 9.94. The summed E-state index contributed by atoms with van der Waals surface area (Å²) in [6, 6.07) is 4.85. The van der Waals surface area contributed by atoms with E-state index in [1.165, 1.54) is 0 Å². The number of nitrogens with zero attached hydrogens (tertiary/aromatic N) is 1. The monoisotopic (exact) mass is 294 g/mol. The summed E-state index contributed by atoms with van der Waals surface area (Å²) < 4.78 is 0. The van der Waals surface area contributed by atoms with Crippen LogP contribution in [-0.4, -0.2) is 22.2 Å². The fraction of sp³-hybridized carbons (Fsp3) is 0.571. The van der Waals surface area contributed by atoms with Crippen molar-refractivity contribution in [1.29, 1.82) is 0 Å². The molecule has 0 aliphatic heterocycles. The Balaban J connectivity index is 2.14. The Labute approximate surface area is 123 Å². The molecule has 1 fully saturated rings. The topological polar surface area (TPSA) is 113 Å². The molecular formula is C14H22N4O3. The third-order valence-corrected chi connectivity index (χ3v) is 4.02. The van der Waals surface area contributed by atoms with Crippen molar-refractivity contribution in [2.45, 2.75) is 44.1 Å². The number of hydrogen-bond acceptors (Lipinski definition) is 6. The fourth-order valence-corrected chi connectivity index (χ4v) is 2.82. The summed E-state index contributed by atoms with van der Waals surface area (Å²) in [5.41, 5.74) is 2.05. The molecule has 0 spiro atoms. The molecule has 0 heterocycles. The summed E-state index contributed by atoms with van der Waals surface area (Å²) >= 11 is 0. The van der Waals surface area contributed by atoms with Crippen LogP contribution in [0.15, 0.2) is 18.2 Å². The van der Waals surface area contributed by atoms with Crippen molar-refractivity contribution in [3.63, 3.8) is 0 Å². The van der Waals surface area contributed by atoms with Crippen molar-refractivity contribution in [3.8, 4) is 0 Å². The van der Waals surface area contributed by atoms with Crippen LogP contribution in [0.3, 0.4) is 0 Å². The third-order valence-electron chi connectivity index (χ3n) is 4.02. The van der Waals surface area contributed by atoms with Gasteiger partial charge in [-0.25, -0.2) is 0 Å². The lowest BCUT2D eigenvalue weighted by Crippen LogP contribution is -2.36. The molecule has 5 N–H and O–H groups in total. The summed E-state index contributed by atoms with van der Waals surface area (Å²) in [7, 11) is 0. The van der Waals surface area contributed by atoms with Gasteiger partial charge in [-0.15, -0.1) is 0 Å². The van der Waals surface area contributed by atoms with Crippen LogP contribution in [0.5, 0.6) is 0 Å². The first-order valence-electron chi connectivity index (χ1n) is 7.26. The Hall–Kier alpha value is -1.86. The highest BCUT2D eigenvalue weighted by atomic mass is 16.6. The van der Waals surface area contributed by atoms with Crippen LogP contribution in [0.1, 0.15) is 38.5 Å². The highest BCUT2D eigenvalue weighted by molar-refractivity contribution is 5.75. The van der Waals surface area contributed by atoms with Gasteiger partial charge < -0.3 is 15.8 Å². The molecule has 116 valence electrons. The highest BCUT2D eigenvalue weighted by Gasteiger charge is 2.29. The van der Waals surface area contributed by atoms with Gasteiger partial charge in [0.15, 0.2) is 0 Å². The van der Waals surface area contributed by atoms with Crippen molar-refractivity contribution in [1.82, 2.24) is 0 Å². The maximum atomic E-state index is 11.2. The van der Waals surface area contributed by atoms with E-state index in [0.717, 1.165) is 38.5 Å². The number of para-hydroxylation sites is 1. The van der Waals surface area contributed by atoms with E-state index in [9.17, 15) is 15.2 Å². The molecule has 0 aromatic heterocycles. The van der Waals surface area contributed by atoms with Gasteiger partial charge >= 0.3 is 5.69 Å². The van der Waals surface area contributed by atoms with E-state index >= 15 is 0 Å². The third kappa shape index (κ3) is 3.83. The van der Waals surface area contributed by atoms with Crippen molar-refractivity contribution < 1.29 is 10.0 Å². The quantitative estimate of drug-likeness (QED) is 0.287. The number of hydrogen-bond donors (Lipinski definition) is 4. The second kappa shape index (κ2) is 6.73. The largest absolute Gasteiger partial charge is 0.388 e. The molecule has 0 amide bonds. The van der Waals surface area contributed by atoms with Crippen LogP contribution in [0.4, 0.5) is 17.1 Å². The molecule has 21 heavy (non-hydrogen) atoms. The lowest BCUT2D eigenvalue weighted by molar-refractivity contribution is -0.383. The number of anilines is 2. The summed E-state index contributed by atoms with van der Waals surface area (Å²) in [4.78, 5) is 10.7. The molecule has 0 atom stereocenters. The van der Waals surface area contributed by atoms with Crippen molar-refractivity contribution >= 4 is 17.1 Å². The molecule has 1 aliphatic rings. The molecule has 7 nitrogen and oxygen atoms in total. The number of benzene rings is 1. The standard InChI is InChI=1S/C14H22N4O3/c15-17-12-7-5-6-11(13(12)18(20)21)16-10-14(19)8-3-1-2-4-9-14/h5-7,16-17,19H,1-4,8-10,15H2. The molecule has 1 saturated carbocycles. The minimum absolute atomic E-state index is 0.0998.